The third-order valence-electron chi connectivity index (χ3n) is 6.05. The maximum atomic E-state index is 13.6. The van der Waals surface area contributed by atoms with E-state index in [4.69, 9.17) is 0 Å². The molecule has 34 heavy (non-hydrogen) atoms. The molecule has 1 aliphatic carbocycles. The van der Waals surface area contributed by atoms with Gasteiger partial charge in [0.25, 0.3) is 5.56 Å². The van der Waals surface area contributed by atoms with Gasteiger partial charge in [-0.2, -0.15) is 0 Å². The van der Waals surface area contributed by atoms with E-state index in [0.717, 1.165) is 0 Å². The molecule has 3 N–H and O–H groups in total. The fourth-order valence-electron chi connectivity index (χ4n) is 4.23. The highest BCUT2D eigenvalue weighted by Gasteiger charge is 2.53. The first-order chi connectivity index (χ1) is 15.1. The number of ketones is 1. The highest BCUT2D eigenvalue weighted by atomic mass is 16.3. The lowest BCUT2D eigenvalue weighted by Crippen LogP contribution is -2.86. The van der Waals surface area contributed by atoms with Crippen LogP contribution in [-0.2, 0) is 20.5 Å². The second-order valence-electron chi connectivity index (χ2n) is 13.3. The van der Waals surface area contributed by atoms with Crippen LogP contribution in [0.4, 0.5) is 0 Å². The zero-order chi connectivity index (χ0) is 26.3. The predicted octanol–water partition coefficient (Wildman–Crippen LogP) is 2.50. The van der Waals surface area contributed by atoms with E-state index in [1.807, 2.05) is 83.1 Å². The van der Waals surface area contributed by atoms with Crippen LogP contribution < -0.4 is 10.7 Å². The van der Waals surface area contributed by atoms with E-state index >= 15 is 0 Å². The monoisotopic (exact) mass is 471 g/mol. The van der Waals surface area contributed by atoms with Crippen LogP contribution in [0.5, 0.6) is 0 Å². The molecule has 1 aromatic rings. The van der Waals surface area contributed by atoms with Crippen LogP contribution in [0.2, 0.25) is 0 Å². The number of Topliss-reactive ketones (excluding diaryl/α,β-unsaturated/α-hetero) is 1. The van der Waals surface area contributed by atoms with E-state index in [0.29, 0.717) is 11.4 Å². The Hall–Kier alpha value is -2.90. The summed E-state index contributed by atoms with van der Waals surface area (Å²) in [5.74, 6) is -1.18. The van der Waals surface area contributed by atoms with Gasteiger partial charge in [0.2, 0.25) is 11.5 Å². The first kappa shape index (κ1) is 25.7. The number of carbonyl (C=O) groups excluding carboxylic acids is 2. The number of H-pyrrole nitrogens is 1. The zero-order valence-corrected chi connectivity index (χ0v) is 22.6. The Balaban J connectivity index is 2.33. The van der Waals surface area contributed by atoms with Gasteiger partial charge < -0.3 is 5.11 Å². The van der Waals surface area contributed by atoms with Gasteiger partial charge in [-0.05, 0) is 41.5 Å². The lowest BCUT2D eigenvalue weighted by atomic mass is 9.74. The summed E-state index contributed by atoms with van der Waals surface area (Å²) in [6.45, 7) is 23.0. The van der Waals surface area contributed by atoms with E-state index in [2.05, 4.69) is 10.2 Å². The molecule has 2 heterocycles. The number of hydrogen-bond donors (Lipinski definition) is 3. The molecule has 0 spiro atoms. The van der Waals surface area contributed by atoms with Crippen molar-refractivity contribution in [1.82, 2.24) is 14.8 Å². The number of allylic oxidation sites excluding steroid dienone is 2. The molecule has 186 valence electrons. The Labute approximate surface area is 201 Å². The topological polar surface area (TPSA) is 109 Å². The zero-order valence-electron chi connectivity index (χ0n) is 22.6. The van der Waals surface area contributed by atoms with Crippen LogP contribution >= 0.6 is 0 Å². The highest BCUT2D eigenvalue weighted by Crippen LogP contribution is 2.42. The molecule has 2 aliphatic rings. The van der Waals surface area contributed by atoms with Gasteiger partial charge in [-0.15, -0.1) is 10.1 Å². The van der Waals surface area contributed by atoms with E-state index in [-0.39, 0.29) is 39.5 Å². The van der Waals surface area contributed by atoms with Crippen molar-refractivity contribution < 1.29 is 19.8 Å². The van der Waals surface area contributed by atoms with Crippen LogP contribution in [0.25, 0.3) is 5.57 Å². The molecular weight excluding hydrogens is 432 g/mol. The van der Waals surface area contributed by atoms with Crippen molar-refractivity contribution in [3.63, 3.8) is 0 Å². The largest absolute Gasteiger partial charge is 0.506 e. The first-order valence-corrected chi connectivity index (χ1v) is 11.7. The van der Waals surface area contributed by atoms with Crippen LogP contribution in [0.15, 0.2) is 21.7 Å². The summed E-state index contributed by atoms with van der Waals surface area (Å²) in [5.41, 5.74) is -1.05. The van der Waals surface area contributed by atoms with Crippen molar-refractivity contribution in [2.75, 3.05) is 0 Å². The smallest absolute Gasteiger partial charge is 0.315 e. The Morgan fingerprint density at radius 2 is 1.26 bits per heavy atom. The van der Waals surface area contributed by atoms with E-state index in [9.17, 15) is 19.5 Å². The van der Waals surface area contributed by atoms with Crippen molar-refractivity contribution in [2.24, 2.45) is 5.41 Å². The molecule has 0 aromatic carbocycles. The van der Waals surface area contributed by atoms with Gasteiger partial charge in [0.05, 0.1) is 33.5 Å². The molecule has 0 saturated heterocycles. The Bertz CT molecular complexity index is 1240. The molecule has 8 nitrogen and oxygen atoms in total. The van der Waals surface area contributed by atoms with Gasteiger partial charge in [0.1, 0.15) is 11.3 Å². The fourth-order valence-corrected chi connectivity index (χ4v) is 4.23. The van der Waals surface area contributed by atoms with E-state index in [1.54, 1.807) is 0 Å². The second-order valence-corrected chi connectivity index (χ2v) is 13.3. The number of carbonyl (C=O) groups is 2. The Kier molecular flexibility index (Phi) is 5.52. The molecule has 0 unspecified atom stereocenters. The summed E-state index contributed by atoms with van der Waals surface area (Å²) in [4.78, 5) is 40.4. The van der Waals surface area contributed by atoms with Crippen LogP contribution in [0, 0.1) is 5.41 Å². The molecule has 8 heteroatoms. The molecule has 3 rings (SSSR count). The molecule has 0 bridgehead atoms. The number of rotatable bonds is 1. The van der Waals surface area contributed by atoms with Crippen molar-refractivity contribution in [3.05, 3.63) is 38.5 Å². The Morgan fingerprint density at radius 3 is 1.65 bits per heavy atom. The quantitative estimate of drug-likeness (QED) is 0.547. The van der Waals surface area contributed by atoms with Crippen molar-refractivity contribution in [1.29, 1.82) is 0 Å². The summed E-state index contributed by atoms with van der Waals surface area (Å²) >= 11 is 0. The number of hydrazone groups is 1. The third-order valence-corrected chi connectivity index (χ3v) is 6.05. The lowest BCUT2D eigenvalue weighted by Gasteiger charge is -2.26. The van der Waals surface area contributed by atoms with Crippen LogP contribution in [0.3, 0.4) is 0 Å². The Morgan fingerprint density at radius 1 is 0.735 bits per heavy atom. The fraction of sp³-hybridized carbons (Fsp3) is 0.615. The average molecular weight is 472 g/mol. The molecule has 1 aromatic heterocycles. The molecule has 0 saturated carbocycles. The molecule has 0 atom stereocenters. The number of nitrogens with one attached hydrogen (secondary N) is 2. The minimum Gasteiger partial charge on any atom is -0.506 e. The summed E-state index contributed by atoms with van der Waals surface area (Å²) < 4.78 is 1.48. The summed E-state index contributed by atoms with van der Waals surface area (Å²) in [7, 11) is 0. The standard InChI is InChI=1S/C26H38N4O4/c1-23(2,3)19-15(21(33)29(27-19)25(7,8)9)13-17(31)14(18(13)32)16-20(24(4,5)6)28-30(22(16)34)26(10,11)12/h27,31H,1-12H3/p+1/b16-14+. The minimum atomic E-state index is -0.550. The van der Waals surface area contributed by atoms with E-state index < -0.39 is 27.7 Å². The molecule has 0 fully saturated rings. The number of hydrazine groups is 1. The van der Waals surface area contributed by atoms with Gasteiger partial charge in [0, 0.05) is 10.8 Å². The van der Waals surface area contributed by atoms with E-state index in [1.165, 1.54) is 9.69 Å². The second kappa shape index (κ2) is 7.30. The average Bonchev–Trinajstić information content (AvgIpc) is 3.13. The molecule has 1 amide bonds. The summed E-state index contributed by atoms with van der Waals surface area (Å²) in [6.07, 6.45) is 0. The number of nitrogens with zero attached hydrogens (tertiary/aromatic N) is 2. The number of hydrogen-bond acceptors (Lipinski definition) is 4. The highest BCUT2D eigenvalue weighted by molar-refractivity contribution is 6.43. The number of aliphatic hydroxyl groups excluding tert-OH is 1. The first-order valence-electron chi connectivity index (χ1n) is 11.7. The van der Waals surface area contributed by atoms with Gasteiger partial charge in [0.15, 0.2) is 0 Å². The molecular formula is C26H39N4O4+. The van der Waals surface area contributed by atoms with Gasteiger partial charge in [-0.1, -0.05) is 41.5 Å². The number of aliphatic hydroxyl groups is 1. The van der Waals surface area contributed by atoms with Crippen LogP contribution in [-0.4, -0.2) is 42.8 Å². The number of aromatic amines is 1. The van der Waals surface area contributed by atoms with Crippen molar-refractivity contribution >= 4 is 23.0 Å². The predicted molar refractivity (Wildman–Crippen MR) is 132 cm³/mol. The van der Waals surface area contributed by atoms with Crippen LogP contribution in [0.1, 0.15) is 94.3 Å². The van der Waals surface area contributed by atoms with Crippen molar-refractivity contribution in [3.8, 4) is 0 Å². The normalized spacial score (nSPS) is 20.4. The third kappa shape index (κ3) is 3.87. The molecule has 0 radical (unpaired) electrons. The minimum absolute atomic E-state index is 0.0352. The van der Waals surface area contributed by atoms with Gasteiger partial charge >= 0.3 is 5.91 Å². The lowest BCUT2D eigenvalue weighted by molar-refractivity contribution is -0.636. The van der Waals surface area contributed by atoms with Gasteiger partial charge in [-0.25, -0.2) is 4.68 Å². The number of aromatic nitrogens is 2. The maximum Gasteiger partial charge on any atom is 0.315 e. The SMILES string of the molecule is CC(C)(C)C1=[NH+]N(C(C)(C)C)C(=O)/C1=C1/C(=O)C(c2c(C(C)(C)C)[nH]n(C(C)(C)C)c2=O)=C1O. The van der Waals surface area contributed by atoms with Gasteiger partial charge in [-0.3, -0.25) is 19.5 Å². The maximum absolute atomic E-state index is 13.6. The summed E-state index contributed by atoms with van der Waals surface area (Å²) in [6, 6.07) is 0. The number of amides is 1. The molecule has 1 aliphatic heterocycles. The van der Waals surface area contributed by atoms with Crippen molar-refractivity contribution in [2.45, 2.75) is 99.6 Å². The summed E-state index contributed by atoms with van der Waals surface area (Å²) in [5, 5.41) is 19.0.